The van der Waals surface area contributed by atoms with Gasteiger partial charge in [-0.3, -0.25) is 0 Å². The summed E-state index contributed by atoms with van der Waals surface area (Å²) in [5, 5.41) is 0. The molecule has 0 radical (unpaired) electrons. The Kier molecular flexibility index (Phi) is 16.5. The van der Waals surface area contributed by atoms with Crippen LogP contribution in [0, 0.1) is 0 Å². The SMILES string of the molecule is CO[C@](C(=O)Oc1ccc(CC[C@H](CC/C=C/c2ccccc2)OC(=O)[C@@](OC)(c2ccccc2)C(F)(F)F)cc1OC(=O)[C@@](OC)(c1ccccc1)C(F)(F)F)(c1ccccc1)C(F)(F)F. The highest BCUT2D eigenvalue weighted by molar-refractivity contribution is 5.87. The Morgan fingerprint density at radius 3 is 1.28 bits per heavy atom. The van der Waals surface area contributed by atoms with Crippen LogP contribution in [0.5, 0.6) is 11.5 Å². The van der Waals surface area contributed by atoms with Crippen LogP contribution in [0.1, 0.15) is 47.1 Å². The molecule has 0 aliphatic rings. The molecule has 0 aromatic heterocycles. The minimum atomic E-state index is -5.52. The van der Waals surface area contributed by atoms with Crippen molar-refractivity contribution in [1.29, 1.82) is 0 Å². The second kappa shape index (κ2) is 21.4. The molecule has 0 saturated carbocycles. The van der Waals surface area contributed by atoms with E-state index in [-0.39, 0.29) is 31.2 Å². The molecule has 67 heavy (non-hydrogen) atoms. The number of alkyl halides is 9. The number of carbonyl (C=O) groups is 3. The first-order valence-corrected chi connectivity index (χ1v) is 20.2. The van der Waals surface area contributed by atoms with E-state index in [9.17, 15) is 53.9 Å². The molecule has 0 heterocycles. The molecule has 18 heteroatoms. The first-order valence-electron chi connectivity index (χ1n) is 20.2. The van der Waals surface area contributed by atoms with E-state index in [1.165, 1.54) is 54.6 Å². The van der Waals surface area contributed by atoms with Gasteiger partial charge in [0.25, 0.3) is 16.8 Å². The average molecular weight is 947 g/mol. The van der Waals surface area contributed by atoms with Crippen molar-refractivity contribution >= 4 is 24.0 Å². The molecule has 0 aliphatic heterocycles. The molecule has 0 saturated heterocycles. The van der Waals surface area contributed by atoms with Crippen LogP contribution in [0.4, 0.5) is 39.5 Å². The van der Waals surface area contributed by atoms with Crippen molar-refractivity contribution in [3.8, 4) is 11.5 Å². The summed E-state index contributed by atoms with van der Waals surface area (Å²) >= 11 is 0. The zero-order valence-electron chi connectivity index (χ0n) is 35.9. The highest BCUT2D eigenvalue weighted by Crippen LogP contribution is 2.47. The smallest absolute Gasteiger partial charge is 0.432 e. The number of hydrogen-bond donors (Lipinski definition) is 0. The minimum absolute atomic E-state index is 0.0204. The molecular formula is C49H43F9O9. The third kappa shape index (κ3) is 10.9. The van der Waals surface area contributed by atoms with Crippen molar-refractivity contribution in [2.75, 3.05) is 21.3 Å². The maximum absolute atomic E-state index is 15.0. The molecule has 0 N–H and O–H groups in total. The summed E-state index contributed by atoms with van der Waals surface area (Å²) in [5.74, 6) is -8.07. The maximum atomic E-state index is 15.0. The molecule has 0 spiro atoms. The van der Waals surface area contributed by atoms with Gasteiger partial charge in [0.2, 0.25) is 0 Å². The van der Waals surface area contributed by atoms with Crippen LogP contribution in [0.3, 0.4) is 0 Å². The summed E-state index contributed by atoms with van der Waals surface area (Å²) < 4.78 is 165. The molecule has 0 unspecified atom stereocenters. The maximum Gasteiger partial charge on any atom is 0.432 e. The Bertz CT molecular complexity index is 2450. The van der Waals surface area contributed by atoms with E-state index in [1.54, 1.807) is 42.5 Å². The van der Waals surface area contributed by atoms with Gasteiger partial charge in [0, 0.05) is 38.0 Å². The first kappa shape index (κ1) is 51.5. The van der Waals surface area contributed by atoms with Crippen molar-refractivity contribution in [2.45, 2.75) is 67.1 Å². The second-order valence-electron chi connectivity index (χ2n) is 14.8. The quantitative estimate of drug-likeness (QED) is 0.0454. The Morgan fingerprint density at radius 2 is 0.881 bits per heavy atom. The topological polar surface area (TPSA) is 107 Å². The minimum Gasteiger partial charge on any atom is -0.460 e. The van der Waals surface area contributed by atoms with Gasteiger partial charge in [-0.05, 0) is 48.9 Å². The normalized spacial score (nSPS) is 15.4. The predicted octanol–water partition coefficient (Wildman–Crippen LogP) is 11.1. The summed E-state index contributed by atoms with van der Waals surface area (Å²) in [7, 11) is 1.84. The van der Waals surface area contributed by atoms with Gasteiger partial charge in [0.1, 0.15) is 6.10 Å². The number of aryl methyl sites for hydroxylation is 1. The van der Waals surface area contributed by atoms with Crippen LogP contribution in [-0.2, 0) is 56.6 Å². The van der Waals surface area contributed by atoms with E-state index >= 15 is 0 Å². The first-order chi connectivity index (χ1) is 31.7. The fourth-order valence-electron chi connectivity index (χ4n) is 7.27. The predicted molar refractivity (Wildman–Crippen MR) is 224 cm³/mol. The Labute approximate surface area is 379 Å². The molecule has 0 fully saturated rings. The molecule has 0 aliphatic carbocycles. The van der Waals surface area contributed by atoms with Gasteiger partial charge in [-0.1, -0.05) is 140 Å². The fourth-order valence-corrected chi connectivity index (χ4v) is 7.27. The molecular weight excluding hydrogens is 904 g/mol. The molecule has 5 rings (SSSR count). The zero-order chi connectivity index (χ0) is 49.1. The van der Waals surface area contributed by atoms with Crippen LogP contribution in [-0.4, -0.2) is 63.9 Å². The number of rotatable bonds is 19. The van der Waals surface area contributed by atoms with Crippen LogP contribution < -0.4 is 9.47 Å². The third-order valence-electron chi connectivity index (χ3n) is 10.7. The number of benzene rings is 5. The lowest BCUT2D eigenvalue weighted by atomic mass is 9.92. The number of hydrogen-bond acceptors (Lipinski definition) is 9. The monoisotopic (exact) mass is 946 g/mol. The van der Waals surface area contributed by atoms with E-state index in [0.717, 1.165) is 60.2 Å². The van der Waals surface area contributed by atoms with E-state index in [4.69, 9.17) is 28.4 Å². The highest BCUT2D eigenvalue weighted by Gasteiger charge is 2.66. The van der Waals surface area contributed by atoms with Gasteiger partial charge in [-0.2, -0.15) is 39.5 Å². The molecule has 5 aromatic carbocycles. The number of ether oxygens (including phenoxy) is 6. The number of esters is 3. The number of halogens is 9. The fraction of sp³-hybridized carbons (Fsp3) is 0.286. The molecule has 0 amide bonds. The summed E-state index contributed by atoms with van der Waals surface area (Å²) in [4.78, 5) is 41.4. The van der Waals surface area contributed by atoms with E-state index in [2.05, 4.69) is 0 Å². The standard InChI is InChI=1S/C49H43F9O9/c1-62-44(47(50,51)52,35-21-10-5-11-22-35)41(59)65-38(27-17-16-20-33-18-8-4-9-19-33)30-28-34-29-31-39(66-42(60)45(63-2,48(53,54)55)36-23-12-6-13-24-36)40(32-34)67-43(61)46(64-3,49(56,57)58)37-25-14-7-15-26-37/h4-16,18-26,29,31-32,38H,17,27-28,30H2,1-3H3/b20-16+/t38-,44-,45-,46-/m0/s1. The van der Waals surface area contributed by atoms with Crippen LogP contribution in [0.2, 0.25) is 0 Å². The summed E-state index contributed by atoms with van der Waals surface area (Å²) in [5.41, 5.74) is -12.5. The number of allylic oxidation sites excluding steroid dienone is 1. The zero-order valence-corrected chi connectivity index (χ0v) is 35.9. The number of methoxy groups -OCH3 is 3. The average Bonchev–Trinajstić information content (AvgIpc) is 3.29. The molecule has 356 valence electrons. The molecule has 4 atom stereocenters. The van der Waals surface area contributed by atoms with Crippen molar-refractivity contribution < 1.29 is 82.3 Å². The third-order valence-corrected chi connectivity index (χ3v) is 10.7. The van der Waals surface area contributed by atoms with Gasteiger partial charge in [-0.25, -0.2) is 14.4 Å². The van der Waals surface area contributed by atoms with Crippen molar-refractivity contribution in [3.63, 3.8) is 0 Å². The van der Waals surface area contributed by atoms with Gasteiger partial charge < -0.3 is 28.4 Å². The molecule has 0 bridgehead atoms. The highest BCUT2D eigenvalue weighted by atomic mass is 19.4. The van der Waals surface area contributed by atoms with Crippen LogP contribution in [0.15, 0.2) is 146 Å². The van der Waals surface area contributed by atoms with Crippen LogP contribution >= 0.6 is 0 Å². The van der Waals surface area contributed by atoms with Crippen molar-refractivity contribution in [1.82, 2.24) is 0 Å². The second-order valence-corrected chi connectivity index (χ2v) is 14.8. The van der Waals surface area contributed by atoms with Crippen molar-refractivity contribution in [2.24, 2.45) is 0 Å². The summed E-state index contributed by atoms with van der Waals surface area (Å²) in [6.45, 7) is 0. The van der Waals surface area contributed by atoms with E-state index in [1.807, 2.05) is 0 Å². The Hall–Kier alpha value is -6.50. The van der Waals surface area contributed by atoms with Gasteiger partial charge in [-0.15, -0.1) is 0 Å². The van der Waals surface area contributed by atoms with Crippen LogP contribution in [0.25, 0.3) is 6.08 Å². The lowest BCUT2D eigenvalue weighted by Gasteiger charge is -2.34. The lowest BCUT2D eigenvalue weighted by molar-refractivity contribution is -0.278. The van der Waals surface area contributed by atoms with E-state index < -0.39 is 87.5 Å². The van der Waals surface area contributed by atoms with Gasteiger partial charge in [0.15, 0.2) is 11.5 Å². The summed E-state index contributed by atoms with van der Waals surface area (Å²) in [6, 6.07) is 28.9. The molecule has 5 aromatic rings. The van der Waals surface area contributed by atoms with E-state index in [0.29, 0.717) is 21.3 Å². The Balaban J connectivity index is 1.56. The van der Waals surface area contributed by atoms with Gasteiger partial charge >= 0.3 is 36.4 Å². The summed E-state index contributed by atoms with van der Waals surface area (Å²) in [6.07, 6.45) is -14.7. The van der Waals surface area contributed by atoms with Crippen molar-refractivity contribution in [3.05, 3.63) is 173 Å². The molecule has 9 nitrogen and oxygen atoms in total. The Morgan fingerprint density at radius 1 is 0.493 bits per heavy atom. The lowest BCUT2D eigenvalue weighted by Crippen LogP contribution is -2.53. The largest absolute Gasteiger partial charge is 0.460 e. The van der Waals surface area contributed by atoms with Gasteiger partial charge in [0.05, 0.1) is 0 Å². The number of carbonyl (C=O) groups excluding carboxylic acids is 3.